The maximum atomic E-state index is 13.3. The molecule has 7 heteroatoms. The first-order valence-electron chi connectivity index (χ1n) is 10.7. The molecule has 0 saturated carbocycles. The van der Waals surface area contributed by atoms with E-state index in [2.05, 4.69) is 21.2 Å². The molecular formula is C27H23BrN2O4. The lowest BCUT2D eigenvalue weighted by Gasteiger charge is -2.27. The van der Waals surface area contributed by atoms with Crippen molar-refractivity contribution in [2.24, 2.45) is 0 Å². The lowest BCUT2D eigenvalue weighted by molar-refractivity contribution is -0.122. The zero-order valence-corrected chi connectivity index (χ0v) is 20.6. The van der Waals surface area contributed by atoms with Crippen molar-refractivity contribution in [2.45, 2.75) is 27.4 Å². The average molecular weight is 519 g/mol. The second-order valence-corrected chi connectivity index (χ2v) is 9.10. The van der Waals surface area contributed by atoms with Crippen LogP contribution in [0.15, 0.2) is 70.7 Å². The minimum atomic E-state index is -0.777. The summed E-state index contributed by atoms with van der Waals surface area (Å²) in [4.78, 5) is 39.4. The van der Waals surface area contributed by atoms with Gasteiger partial charge in [0.25, 0.3) is 11.8 Å². The number of carbonyl (C=O) groups is 3. The normalized spacial score (nSPS) is 15.0. The Hall–Kier alpha value is -3.71. The van der Waals surface area contributed by atoms with E-state index in [0.29, 0.717) is 23.6 Å². The van der Waals surface area contributed by atoms with Crippen molar-refractivity contribution in [3.8, 4) is 5.75 Å². The van der Waals surface area contributed by atoms with Gasteiger partial charge < -0.3 is 4.74 Å². The van der Waals surface area contributed by atoms with Gasteiger partial charge in [0.1, 0.15) is 17.9 Å². The molecule has 1 aliphatic rings. The molecule has 0 radical (unpaired) electrons. The number of hydrogen-bond donors (Lipinski definition) is 1. The van der Waals surface area contributed by atoms with E-state index in [4.69, 9.17) is 4.74 Å². The summed E-state index contributed by atoms with van der Waals surface area (Å²) in [5.41, 5.74) is 4.89. The Morgan fingerprint density at radius 1 is 0.912 bits per heavy atom. The molecule has 1 aliphatic heterocycles. The number of aryl methyl sites for hydroxylation is 3. The number of benzene rings is 3. The standard InChI is InChI=1S/C27H23BrN2O4/c1-16-4-7-19(8-5-16)15-34-24-11-9-21(28)13-20(24)14-23-25(31)29-27(33)30(26(23)32)22-10-6-17(2)18(3)12-22/h4-14H,15H2,1-3H3,(H,29,31,33)/b23-14+. The van der Waals surface area contributed by atoms with Crippen molar-refractivity contribution in [3.05, 3.63) is 98.5 Å². The van der Waals surface area contributed by atoms with Crippen LogP contribution in [0, 0.1) is 20.8 Å². The van der Waals surface area contributed by atoms with Crippen molar-refractivity contribution in [1.29, 1.82) is 0 Å². The van der Waals surface area contributed by atoms with Gasteiger partial charge in [0.05, 0.1) is 5.69 Å². The summed E-state index contributed by atoms with van der Waals surface area (Å²) in [5.74, 6) is -0.937. The third-order valence-corrected chi connectivity index (χ3v) is 6.13. The van der Waals surface area contributed by atoms with Gasteiger partial charge in [0.2, 0.25) is 0 Å². The van der Waals surface area contributed by atoms with Crippen LogP contribution in [0.25, 0.3) is 6.08 Å². The van der Waals surface area contributed by atoms with Crippen LogP contribution < -0.4 is 15.0 Å². The van der Waals surface area contributed by atoms with Crippen molar-refractivity contribution in [1.82, 2.24) is 5.32 Å². The predicted octanol–water partition coefficient (Wildman–Crippen LogP) is 5.62. The molecule has 0 bridgehead atoms. The van der Waals surface area contributed by atoms with E-state index in [0.717, 1.165) is 31.6 Å². The monoisotopic (exact) mass is 518 g/mol. The Bertz CT molecular complexity index is 1330. The largest absolute Gasteiger partial charge is 0.488 e. The van der Waals surface area contributed by atoms with Crippen molar-refractivity contribution >= 4 is 45.5 Å². The highest BCUT2D eigenvalue weighted by Crippen LogP contribution is 2.29. The molecule has 1 heterocycles. The topological polar surface area (TPSA) is 75.7 Å². The number of amides is 4. The van der Waals surface area contributed by atoms with Crippen molar-refractivity contribution < 1.29 is 19.1 Å². The number of nitrogens with zero attached hydrogens (tertiary/aromatic N) is 1. The Morgan fingerprint density at radius 2 is 1.65 bits per heavy atom. The third-order valence-electron chi connectivity index (χ3n) is 5.64. The van der Waals surface area contributed by atoms with Crippen LogP contribution in [0.4, 0.5) is 10.5 Å². The van der Waals surface area contributed by atoms with E-state index in [-0.39, 0.29) is 5.57 Å². The van der Waals surface area contributed by atoms with E-state index >= 15 is 0 Å². The van der Waals surface area contributed by atoms with Crippen LogP contribution in [0.1, 0.15) is 27.8 Å². The number of urea groups is 1. The summed E-state index contributed by atoms with van der Waals surface area (Å²) in [6, 6.07) is 17.8. The Morgan fingerprint density at radius 3 is 2.35 bits per heavy atom. The first kappa shape index (κ1) is 23.4. The molecule has 3 aromatic rings. The lowest BCUT2D eigenvalue weighted by Crippen LogP contribution is -2.54. The molecule has 0 aliphatic carbocycles. The van der Waals surface area contributed by atoms with E-state index in [9.17, 15) is 14.4 Å². The summed E-state index contributed by atoms with van der Waals surface area (Å²) in [6.07, 6.45) is 1.45. The van der Waals surface area contributed by atoms with Crippen LogP contribution in [-0.4, -0.2) is 17.8 Å². The van der Waals surface area contributed by atoms with E-state index < -0.39 is 17.8 Å². The number of hydrogen-bond acceptors (Lipinski definition) is 4. The minimum Gasteiger partial charge on any atom is -0.488 e. The van der Waals surface area contributed by atoms with Gasteiger partial charge in [-0.1, -0.05) is 51.8 Å². The molecule has 34 heavy (non-hydrogen) atoms. The minimum absolute atomic E-state index is 0.156. The molecule has 1 N–H and O–H groups in total. The van der Waals surface area contributed by atoms with Gasteiger partial charge in [-0.3, -0.25) is 14.9 Å². The van der Waals surface area contributed by atoms with Gasteiger partial charge in [-0.15, -0.1) is 0 Å². The zero-order valence-electron chi connectivity index (χ0n) is 19.0. The molecule has 3 aromatic carbocycles. The molecule has 0 atom stereocenters. The van der Waals surface area contributed by atoms with Crippen LogP contribution in [0.2, 0.25) is 0 Å². The van der Waals surface area contributed by atoms with Crippen LogP contribution in [0.3, 0.4) is 0 Å². The number of nitrogens with one attached hydrogen (secondary N) is 1. The highest BCUT2D eigenvalue weighted by Gasteiger charge is 2.37. The molecule has 4 amide bonds. The third kappa shape index (κ3) is 4.94. The van der Waals surface area contributed by atoms with Crippen LogP contribution in [0.5, 0.6) is 5.75 Å². The van der Waals surface area contributed by atoms with Crippen molar-refractivity contribution in [2.75, 3.05) is 4.90 Å². The summed E-state index contributed by atoms with van der Waals surface area (Å²) in [7, 11) is 0. The summed E-state index contributed by atoms with van der Waals surface area (Å²) in [6.45, 7) is 6.18. The van der Waals surface area contributed by atoms with Gasteiger partial charge in [-0.2, -0.15) is 0 Å². The molecule has 1 fully saturated rings. The zero-order chi connectivity index (χ0) is 24.4. The Labute approximate surface area is 206 Å². The quantitative estimate of drug-likeness (QED) is 0.351. The molecule has 1 saturated heterocycles. The smallest absolute Gasteiger partial charge is 0.335 e. The molecule has 0 unspecified atom stereocenters. The van der Waals surface area contributed by atoms with E-state index in [1.54, 1.807) is 24.3 Å². The highest BCUT2D eigenvalue weighted by atomic mass is 79.9. The maximum Gasteiger partial charge on any atom is 0.335 e. The second-order valence-electron chi connectivity index (χ2n) is 8.18. The lowest BCUT2D eigenvalue weighted by atomic mass is 10.0. The van der Waals surface area contributed by atoms with Crippen LogP contribution >= 0.6 is 15.9 Å². The number of anilines is 1. The van der Waals surface area contributed by atoms with Crippen molar-refractivity contribution in [3.63, 3.8) is 0 Å². The number of imide groups is 2. The fraction of sp³-hybridized carbons (Fsp3) is 0.148. The fourth-order valence-electron chi connectivity index (χ4n) is 3.52. The Balaban J connectivity index is 1.67. The Kier molecular flexibility index (Phi) is 6.65. The summed E-state index contributed by atoms with van der Waals surface area (Å²) in [5, 5.41) is 2.27. The average Bonchev–Trinajstić information content (AvgIpc) is 2.79. The molecule has 172 valence electrons. The summed E-state index contributed by atoms with van der Waals surface area (Å²) < 4.78 is 6.76. The number of halogens is 1. The molecule has 4 rings (SSSR count). The van der Waals surface area contributed by atoms with E-state index in [1.807, 2.05) is 57.2 Å². The number of rotatable bonds is 5. The molecule has 0 aromatic heterocycles. The van der Waals surface area contributed by atoms with Gasteiger partial charge in [0.15, 0.2) is 0 Å². The number of ether oxygens (including phenoxy) is 1. The maximum absolute atomic E-state index is 13.3. The molecule has 0 spiro atoms. The number of carbonyl (C=O) groups excluding carboxylic acids is 3. The fourth-order valence-corrected chi connectivity index (χ4v) is 3.90. The van der Waals surface area contributed by atoms with Gasteiger partial charge in [-0.05, 0) is 73.9 Å². The van der Waals surface area contributed by atoms with Gasteiger partial charge >= 0.3 is 6.03 Å². The SMILES string of the molecule is Cc1ccc(COc2ccc(Br)cc2/C=C2\C(=O)NC(=O)N(c3ccc(C)c(C)c3)C2=O)cc1. The summed E-state index contributed by atoms with van der Waals surface area (Å²) >= 11 is 3.43. The highest BCUT2D eigenvalue weighted by molar-refractivity contribution is 9.10. The first-order valence-corrected chi connectivity index (χ1v) is 11.5. The van der Waals surface area contributed by atoms with Crippen LogP contribution in [-0.2, 0) is 16.2 Å². The van der Waals surface area contributed by atoms with E-state index in [1.165, 1.54) is 6.08 Å². The molecule has 6 nitrogen and oxygen atoms in total. The second kappa shape index (κ2) is 9.65. The predicted molar refractivity (Wildman–Crippen MR) is 135 cm³/mol. The van der Waals surface area contributed by atoms with Gasteiger partial charge in [-0.25, -0.2) is 9.69 Å². The number of barbiturate groups is 1. The van der Waals surface area contributed by atoms with Gasteiger partial charge in [0, 0.05) is 10.0 Å². The molecular weight excluding hydrogens is 496 g/mol. The first-order chi connectivity index (χ1) is 16.2.